The number of methoxy groups -OCH3 is 1. The molecule has 2 aromatic rings. The minimum Gasteiger partial charge on any atom is -0.508 e. The predicted molar refractivity (Wildman–Crippen MR) is 80.7 cm³/mol. The van der Waals surface area contributed by atoms with Crippen LogP contribution in [0.1, 0.15) is 22.8 Å². The Bertz CT molecular complexity index is 623. The third kappa shape index (κ3) is 3.54. The van der Waals surface area contributed by atoms with Crippen LogP contribution >= 0.6 is 11.8 Å². The molecule has 3 nitrogen and oxygen atoms in total. The molecule has 20 heavy (non-hydrogen) atoms. The number of rotatable bonds is 5. The van der Waals surface area contributed by atoms with Crippen LogP contribution in [0.15, 0.2) is 47.4 Å². The van der Waals surface area contributed by atoms with E-state index in [4.69, 9.17) is 4.74 Å². The lowest BCUT2D eigenvalue weighted by Crippen LogP contribution is -1.96. The van der Waals surface area contributed by atoms with Crippen molar-refractivity contribution < 1.29 is 14.6 Å². The number of ketones is 1. The Labute approximate surface area is 122 Å². The maximum Gasteiger partial charge on any atom is 0.159 e. The normalized spacial score (nSPS) is 10.3. The highest BCUT2D eigenvalue weighted by Gasteiger charge is 2.08. The number of phenolic OH excluding ortho intramolecular Hbond substituents is 1. The molecule has 0 fully saturated rings. The molecular formula is C16H16O3S. The number of Topliss-reactive ketones (excluding diaryl/α,β-unsaturated/α-hetero) is 1. The van der Waals surface area contributed by atoms with E-state index in [0.717, 1.165) is 16.2 Å². The van der Waals surface area contributed by atoms with Gasteiger partial charge in [0.1, 0.15) is 11.5 Å². The van der Waals surface area contributed by atoms with Gasteiger partial charge in [0.2, 0.25) is 0 Å². The molecule has 0 unspecified atom stereocenters. The molecule has 0 saturated carbocycles. The largest absolute Gasteiger partial charge is 0.508 e. The first-order valence-electron chi connectivity index (χ1n) is 6.20. The molecule has 0 aliphatic carbocycles. The van der Waals surface area contributed by atoms with Crippen molar-refractivity contribution in [2.24, 2.45) is 0 Å². The number of hydrogen-bond acceptors (Lipinski definition) is 4. The van der Waals surface area contributed by atoms with Gasteiger partial charge in [-0.1, -0.05) is 6.07 Å². The van der Waals surface area contributed by atoms with E-state index in [1.165, 1.54) is 0 Å². The van der Waals surface area contributed by atoms with E-state index in [0.29, 0.717) is 11.3 Å². The average Bonchev–Trinajstić information content (AvgIpc) is 2.44. The van der Waals surface area contributed by atoms with Gasteiger partial charge in [-0.15, -0.1) is 11.8 Å². The lowest BCUT2D eigenvalue weighted by molar-refractivity contribution is 0.101. The van der Waals surface area contributed by atoms with E-state index >= 15 is 0 Å². The van der Waals surface area contributed by atoms with Crippen LogP contribution in [0.25, 0.3) is 0 Å². The highest BCUT2D eigenvalue weighted by atomic mass is 32.2. The summed E-state index contributed by atoms with van der Waals surface area (Å²) < 4.78 is 5.32. The second kappa shape index (κ2) is 6.48. The fourth-order valence-electron chi connectivity index (χ4n) is 1.84. The third-order valence-electron chi connectivity index (χ3n) is 2.90. The van der Waals surface area contributed by atoms with E-state index in [2.05, 4.69) is 0 Å². The van der Waals surface area contributed by atoms with E-state index in [1.54, 1.807) is 50.1 Å². The molecule has 0 heterocycles. The Morgan fingerprint density at radius 2 is 2.05 bits per heavy atom. The van der Waals surface area contributed by atoms with Crippen molar-refractivity contribution >= 4 is 17.5 Å². The number of hydrogen-bond donors (Lipinski definition) is 1. The first-order chi connectivity index (χ1) is 9.60. The molecule has 0 atom stereocenters. The predicted octanol–water partition coefficient (Wildman–Crippen LogP) is 3.90. The monoisotopic (exact) mass is 288 g/mol. The number of aromatic hydroxyl groups is 1. The molecule has 0 spiro atoms. The summed E-state index contributed by atoms with van der Waals surface area (Å²) in [7, 11) is 1.62. The first kappa shape index (κ1) is 14.5. The smallest absolute Gasteiger partial charge is 0.159 e. The van der Waals surface area contributed by atoms with Crippen molar-refractivity contribution in [1.29, 1.82) is 0 Å². The molecule has 0 radical (unpaired) electrons. The Balaban J connectivity index is 2.19. The molecule has 2 aromatic carbocycles. The minimum atomic E-state index is 0.0382. The topological polar surface area (TPSA) is 46.5 Å². The summed E-state index contributed by atoms with van der Waals surface area (Å²) in [6.45, 7) is 1.55. The van der Waals surface area contributed by atoms with E-state index < -0.39 is 0 Å². The molecular weight excluding hydrogens is 272 g/mol. The van der Waals surface area contributed by atoms with Gasteiger partial charge in [-0.25, -0.2) is 0 Å². The van der Waals surface area contributed by atoms with E-state index in [-0.39, 0.29) is 11.5 Å². The van der Waals surface area contributed by atoms with Crippen LogP contribution in [-0.4, -0.2) is 18.0 Å². The van der Waals surface area contributed by atoms with E-state index in [9.17, 15) is 9.90 Å². The van der Waals surface area contributed by atoms with Crippen LogP contribution < -0.4 is 4.74 Å². The standard InChI is InChI=1S/C16H16O3S/c1-11(17)12-6-7-16(19-2)13(8-12)10-20-15-5-3-4-14(18)9-15/h3-9,18H,10H2,1-2H3. The van der Waals surface area contributed by atoms with Gasteiger partial charge in [0, 0.05) is 21.8 Å². The summed E-state index contributed by atoms with van der Waals surface area (Å²) in [5, 5.41) is 9.45. The third-order valence-corrected chi connectivity index (χ3v) is 3.94. The number of ether oxygens (including phenoxy) is 1. The SMILES string of the molecule is COc1ccc(C(C)=O)cc1CSc1cccc(O)c1. The van der Waals surface area contributed by atoms with Crippen molar-refractivity contribution in [3.8, 4) is 11.5 Å². The molecule has 0 amide bonds. The molecule has 1 N–H and O–H groups in total. The van der Waals surface area contributed by atoms with Crippen molar-refractivity contribution in [3.63, 3.8) is 0 Å². The molecule has 0 aliphatic heterocycles. The van der Waals surface area contributed by atoms with Crippen LogP contribution in [0.4, 0.5) is 0 Å². The fraction of sp³-hybridized carbons (Fsp3) is 0.188. The highest BCUT2D eigenvalue weighted by Crippen LogP contribution is 2.30. The molecule has 4 heteroatoms. The number of benzene rings is 2. The average molecular weight is 288 g/mol. The van der Waals surface area contributed by atoms with E-state index in [1.807, 2.05) is 18.2 Å². The van der Waals surface area contributed by atoms with Gasteiger partial charge in [-0.3, -0.25) is 4.79 Å². The second-order valence-corrected chi connectivity index (χ2v) is 5.42. The molecule has 0 aromatic heterocycles. The number of carbonyl (C=O) groups is 1. The zero-order valence-corrected chi connectivity index (χ0v) is 12.2. The summed E-state index contributed by atoms with van der Waals surface area (Å²) in [4.78, 5) is 12.4. The van der Waals surface area contributed by atoms with Gasteiger partial charge in [-0.05, 0) is 43.3 Å². The second-order valence-electron chi connectivity index (χ2n) is 4.37. The molecule has 104 valence electrons. The number of thioether (sulfide) groups is 1. The van der Waals surface area contributed by atoms with Crippen molar-refractivity contribution in [1.82, 2.24) is 0 Å². The Morgan fingerprint density at radius 3 is 2.70 bits per heavy atom. The van der Waals surface area contributed by atoms with Gasteiger partial charge < -0.3 is 9.84 Å². The summed E-state index contributed by atoms with van der Waals surface area (Å²) in [6, 6.07) is 12.5. The van der Waals surface area contributed by atoms with Gasteiger partial charge in [0.15, 0.2) is 5.78 Å². The zero-order chi connectivity index (χ0) is 14.5. The van der Waals surface area contributed by atoms with Crippen molar-refractivity contribution in [2.75, 3.05) is 7.11 Å². The highest BCUT2D eigenvalue weighted by molar-refractivity contribution is 7.98. The van der Waals surface area contributed by atoms with Crippen LogP contribution in [0.5, 0.6) is 11.5 Å². The van der Waals surface area contributed by atoms with Crippen LogP contribution in [0.3, 0.4) is 0 Å². The summed E-state index contributed by atoms with van der Waals surface area (Å²) in [6.07, 6.45) is 0. The fourth-order valence-corrected chi connectivity index (χ4v) is 2.77. The zero-order valence-electron chi connectivity index (χ0n) is 11.4. The Hall–Kier alpha value is -1.94. The quantitative estimate of drug-likeness (QED) is 0.669. The minimum absolute atomic E-state index is 0.0382. The molecule has 0 saturated heterocycles. The number of phenols is 1. The summed E-state index contributed by atoms with van der Waals surface area (Å²) in [5.41, 5.74) is 1.64. The van der Waals surface area contributed by atoms with Gasteiger partial charge in [-0.2, -0.15) is 0 Å². The number of carbonyl (C=O) groups excluding carboxylic acids is 1. The Morgan fingerprint density at radius 1 is 1.25 bits per heavy atom. The summed E-state index contributed by atoms with van der Waals surface area (Å²) >= 11 is 1.59. The van der Waals surface area contributed by atoms with Crippen molar-refractivity contribution in [3.05, 3.63) is 53.6 Å². The van der Waals surface area contributed by atoms with Crippen LogP contribution in [0.2, 0.25) is 0 Å². The van der Waals surface area contributed by atoms with Gasteiger partial charge >= 0.3 is 0 Å². The summed E-state index contributed by atoms with van der Waals surface area (Å²) in [5.74, 6) is 1.73. The van der Waals surface area contributed by atoms with Crippen molar-refractivity contribution in [2.45, 2.75) is 17.6 Å². The van der Waals surface area contributed by atoms with Crippen LogP contribution in [0, 0.1) is 0 Å². The maximum atomic E-state index is 11.4. The van der Waals surface area contributed by atoms with Crippen LogP contribution in [-0.2, 0) is 5.75 Å². The van der Waals surface area contributed by atoms with Gasteiger partial charge in [0.25, 0.3) is 0 Å². The first-order valence-corrected chi connectivity index (χ1v) is 7.18. The molecule has 2 rings (SSSR count). The lowest BCUT2D eigenvalue weighted by Gasteiger charge is -2.10. The maximum absolute atomic E-state index is 11.4. The molecule has 0 aliphatic rings. The van der Waals surface area contributed by atoms with Gasteiger partial charge in [0.05, 0.1) is 7.11 Å². The Kier molecular flexibility index (Phi) is 4.69. The lowest BCUT2D eigenvalue weighted by atomic mass is 10.1. The molecule has 0 bridgehead atoms.